The molecule has 0 heterocycles. The van der Waals surface area contributed by atoms with Gasteiger partial charge in [-0.3, -0.25) is 0 Å². The van der Waals surface area contributed by atoms with E-state index in [1.165, 1.54) is 0 Å². The van der Waals surface area contributed by atoms with E-state index in [9.17, 15) is 8.42 Å². The number of benzene rings is 1. The third kappa shape index (κ3) is 3.86. The topological polar surface area (TPSA) is 46.2 Å². The molecule has 3 nitrogen and oxygen atoms in total. The molecule has 0 amide bonds. The minimum absolute atomic E-state index is 0.126. The predicted octanol–water partition coefficient (Wildman–Crippen LogP) is 2.51. The van der Waals surface area contributed by atoms with E-state index in [0.717, 1.165) is 4.47 Å². The second-order valence-corrected chi connectivity index (χ2v) is 6.41. The van der Waals surface area contributed by atoms with Gasteiger partial charge in [-0.25, -0.2) is 13.1 Å². The molecule has 1 aromatic carbocycles. The van der Waals surface area contributed by atoms with Crippen molar-refractivity contribution in [1.29, 1.82) is 0 Å². The third-order valence-electron chi connectivity index (χ3n) is 1.71. The van der Waals surface area contributed by atoms with Gasteiger partial charge in [-0.05, 0) is 31.2 Å². The minimum atomic E-state index is -3.39. The average molecular weight is 357 g/mol. The van der Waals surface area contributed by atoms with Crippen LogP contribution in [0, 0.1) is 0 Å². The molecule has 15 heavy (non-hydrogen) atoms. The lowest BCUT2D eigenvalue weighted by atomic mass is 10.4. The van der Waals surface area contributed by atoms with Gasteiger partial charge in [0.1, 0.15) is 0 Å². The summed E-state index contributed by atoms with van der Waals surface area (Å²) in [6.45, 7) is 1.80. The average Bonchev–Trinajstić information content (AvgIpc) is 2.17. The fourth-order valence-corrected chi connectivity index (χ4v) is 2.86. The largest absolute Gasteiger partial charge is 0.240 e. The Hall–Kier alpha value is 0.0900. The van der Waals surface area contributed by atoms with Gasteiger partial charge in [-0.2, -0.15) is 0 Å². The molecule has 6 heteroatoms. The molecule has 0 saturated heterocycles. The Morgan fingerprint density at radius 1 is 1.33 bits per heavy atom. The Morgan fingerprint density at radius 2 is 1.87 bits per heavy atom. The molecule has 0 aliphatic heterocycles. The van der Waals surface area contributed by atoms with E-state index in [4.69, 9.17) is 0 Å². The van der Waals surface area contributed by atoms with Crippen LogP contribution in [0.1, 0.15) is 6.92 Å². The first-order chi connectivity index (χ1) is 6.95. The molecule has 0 spiro atoms. The fraction of sp³-hybridized carbons (Fsp3) is 0.333. The summed E-state index contributed by atoms with van der Waals surface area (Å²) in [7, 11) is -3.39. The zero-order chi connectivity index (χ0) is 11.5. The zero-order valence-electron chi connectivity index (χ0n) is 8.07. The molecule has 1 rings (SSSR count). The zero-order valence-corrected chi connectivity index (χ0v) is 12.1. The number of nitrogens with one attached hydrogen (secondary N) is 1. The molecule has 0 saturated carbocycles. The van der Waals surface area contributed by atoms with Crippen molar-refractivity contribution in [2.24, 2.45) is 0 Å². The van der Waals surface area contributed by atoms with Gasteiger partial charge >= 0.3 is 0 Å². The van der Waals surface area contributed by atoms with Gasteiger partial charge in [-0.15, -0.1) is 0 Å². The van der Waals surface area contributed by atoms with Gasteiger partial charge in [0.05, 0.1) is 4.90 Å². The lowest BCUT2D eigenvalue weighted by molar-refractivity contribution is 0.571. The lowest BCUT2D eigenvalue weighted by Crippen LogP contribution is -2.33. The SMILES string of the molecule is CC(CBr)NS(=O)(=O)c1ccc(Br)cc1. The molecule has 1 atom stereocenters. The van der Waals surface area contributed by atoms with E-state index in [1.54, 1.807) is 31.2 Å². The van der Waals surface area contributed by atoms with E-state index < -0.39 is 10.0 Å². The number of rotatable bonds is 4. The molecule has 0 aromatic heterocycles. The molecule has 1 unspecified atom stereocenters. The summed E-state index contributed by atoms with van der Waals surface area (Å²) >= 11 is 6.47. The minimum Gasteiger partial charge on any atom is -0.208 e. The standard InChI is InChI=1S/C9H11Br2NO2S/c1-7(6-10)12-15(13,14)9-4-2-8(11)3-5-9/h2-5,7,12H,6H2,1H3. The number of alkyl halides is 1. The van der Waals surface area contributed by atoms with E-state index in [2.05, 4.69) is 36.6 Å². The molecule has 84 valence electrons. The molecule has 0 radical (unpaired) electrons. The number of halogens is 2. The van der Waals surface area contributed by atoms with Crippen molar-refractivity contribution in [3.63, 3.8) is 0 Å². The summed E-state index contributed by atoms with van der Waals surface area (Å²) in [5, 5.41) is 0.586. The van der Waals surface area contributed by atoms with Crippen molar-refractivity contribution in [3.8, 4) is 0 Å². The maximum atomic E-state index is 11.8. The highest BCUT2D eigenvalue weighted by atomic mass is 79.9. The highest BCUT2D eigenvalue weighted by molar-refractivity contribution is 9.10. The first-order valence-corrected chi connectivity index (χ1v) is 7.69. The first kappa shape index (κ1) is 13.2. The van der Waals surface area contributed by atoms with Crippen LogP contribution in [0.3, 0.4) is 0 Å². The van der Waals surface area contributed by atoms with Crippen molar-refractivity contribution in [2.75, 3.05) is 5.33 Å². The molecular weight excluding hydrogens is 346 g/mol. The van der Waals surface area contributed by atoms with Crippen LogP contribution in [0.25, 0.3) is 0 Å². The van der Waals surface area contributed by atoms with Crippen LogP contribution in [0.2, 0.25) is 0 Å². The lowest BCUT2D eigenvalue weighted by Gasteiger charge is -2.11. The van der Waals surface area contributed by atoms with Crippen LogP contribution in [-0.4, -0.2) is 19.8 Å². The quantitative estimate of drug-likeness (QED) is 0.842. The van der Waals surface area contributed by atoms with Crippen LogP contribution in [-0.2, 0) is 10.0 Å². The van der Waals surface area contributed by atoms with Crippen LogP contribution in [0.5, 0.6) is 0 Å². The van der Waals surface area contributed by atoms with Gasteiger partial charge in [0.2, 0.25) is 10.0 Å². The Morgan fingerprint density at radius 3 is 2.33 bits per heavy atom. The summed E-state index contributed by atoms with van der Waals surface area (Å²) in [5.74, 6) is 0. The van der Waals surface area contributed by atoms with Crippen molar-refractivity contribution >= 4 is 41.9 Å². The van der Waals surface area contributed by atoms with E-state index in [1.807, 2.05) is 0 Å². The van der Waals surface area contributed by atoms with Crippen LogP contribution >= 0.6 is 31.9 Å². The van der Waals surface area contributed by atoms with Gasteiger partial charge in [0.25, 0.3) is 0 Å². The van der Waals surface area contributed by atoms with Crippen molar-refractivity contribution in [2.45, 2.75) is 17.9 Å². The fourth-order valence-electron chi connectivity index (χ4n) is 0.978. The number of sulfonamides is 1. The Labute approximate surface area is 107 Å². The van der Waals surface area contributed by atoms with Gasteiger partial charge in [0.15, 0.2) is 0 Å². The summed E-state index contributed by atoms with van der Waals surface area (Å²) in [6.07, 6.45) is 0. The summed E-state index contributed by atoms with van der Waals surface area (Å²) in [4.78, 5) is 0.276. The molecule has 0 bridgehead atoms. The maximum Gasteiger partial charge on any atom is 0.240 e. The van der Waals surface area contributed by atoms with Gasteiger partial charge in [0, 0.05) is 15.8 Å². The second-order valence-electron chi connectivity index (χ2n) is 3.13. The Balaban J connectivity index is 2.91. The van der Waals surface area contributed by atoms with Crippen molar-refractivity contribution in [3.05, 3.63) is 28.7 Å². The molecule has 0 fully saturated rings. The third-order valence-corrected chi connectivity index (χ3v) is 4.82. The summed E-state index contributed by atoms with van der Waals surface area (Å²) in [5.41, 5.74) is 0. The molecule has 1 N–H and O–H groups in total. The monoisotopic (exact) mass is 355 g/mol. The number of hydrogen-bond acceptors (Lipinski definition) is 2. The summed E-state index contributed by atoms with van der Waals surface area (Å²) < 4.78 is 26.9. The second kappa shape index (κ2) is 5.43. The Kier molecular flexibility index (Phi) is 4.76. The highest BCUT2D eigenvalue weighted by Gasteiger charge is 2.15. The van der Waals surface area contributed by atoms with E-state index in [0.29, 0.717) is 5.33 Å². The van der Waals surface area contributed by atoms with Crippen molar-refractivity contribution in [1.82, 2.24) is 4.72 Å². The number of hydrogen-bond donors (Lipinski definition) is 1. The Bertz CT molecular complexity index is 416. The first-order valence-electron chi connectivity index (χ1n) is 4.29. The van der Waals surface area contributed by atoms with E-state index in [-0.39, 0.29) is 10.9 Å². The van der Waals surface area contributed by atoms with Crippen LogP contribution < -0.4 is 4.72 Å². The molecular formula is C9H11Br2NO2S. The van der Waals surface area contributed by atoms with Gasteiger partial charge in [-0.1, -0.05) is 31.9 Å². The highest BCUT2D eigenvalue weighted by Crippen LogP contribution is 2.14. The molecule has 1 aromatic rings. The van der Waals surface area contributed by atoms with Crippen LogP contribution in [0.15, 0.2) is 33.6 Å². The molecule has 0 aliphatic carbocycles. The normalized spacial score (nSPS) is 13.8. The van der Waals surface area contributed by atoms with E-state index >= 15 is 0 Å². The summed E-state index contributed by atoms with van der Waals surface area (Å²) in [6, 6.07) is 6.40. The maximum absolute atomic E-state index is 11.8. The molecule has 0 aliphatic rings. The van der Waals surface area contributed by atoms with Gasteiger partial charge < -0.3 is 0 Å². The smallest absolute Gasteiger partial charge is 0.208 e. The predicted molar refractivity (Wildman–Crippen MR) is 67.7 cm³/mol. The van der Waals surface area contributed by atoms with Crippen LogP contribution in [0.4, 0.5) is 0 Å². The van der Waals surface area contributed by atoms with Crippen molar-refractivity contribution < 1.29 is 8.42 Å².